The predicted octanol–water partition coefficient (Wildman–Crippen LogP) is 4.17. The quantitative estimate of drug-likeness (QED) is 0.752. The summed E-state index contributed by atoms with van der Waals surface area (Å²) in [4.78, 5) is 6.80. The van der Waals surface area contributed by atoms with Crippen molar-refractivity contribution in [3.8, 4) is 0 Å². The summed E-state index contributed by atoms with van der Waals surface area (Å²) in [6, 6.07) is 6.70. The smallest absolute Gasteiger partial charge is 0.0508 e. The van der Waals surface area contributed by atoms with Crippen LogP contribution in [0.2, 0.25) is 0 Å². The second-order valence-electron chi connectivity index (χ2n) is 7.67. The van der Waals surface area contributed by atoms with Gasteiger partial charge in [-0.25, -0.2) is 0 Å². The normalized spacial score (nSPS) is 24.3. The van der Waals surface area contributed by atoms with Gasteiger partial charge in [0, 0.05) is 44.1 Å². The molecule has 25 heavy (non-hydrogen) atoms. The van der Waals surface area contributed by atoms with Crippen LogP contribution in [0.15, 0.2) is 34.3 Å². The average molecular weight is 377 g/mol. The highest BCUT2D eigenvalue weighted by atomic mass is 32.1. The molecule has 2 saturated heterocycles. The first-order valence-electron chi connectivity index (χ1n) is 9.24. The monoisotopic (exact) mass is 376 g/mol. The van der Waals surface area contributed by atoms with Gasteiger partial charge in [0.05, 0.1) is 6.61 Å². The van der Waals surface area contributed by atoms with Gasteiger partial charge in [-0.1, -0.05) is 6.07 Å². The Balaban J connectivity index is 1.38. The maximum Gasteiger partial charge on any atom is 0.0508 e. The first-order valence-corrected chi connectivity index (χ1v) is 11.1. The minimum Gasteiger partial charge on any atom is -0.384 e. The summed E-state index contributed by atoms with van der Waals surface area (Å²) < 4.78 is 5.61. The van der Waals surface area contributed by atoms with Crippen LogP contribution in [-0.2, 0) is 17.8 Å². The van der Waals surface area contributed by atoms with Gasteiger partial charge in [-0.05, 0) is 65.2 Å². The summed E-state index contributed by atoms with van der Waals surface area (Å²) in [5, 5.41) is 6.67. The lowest BCUT2D eigenvalue weighted by atomic mass is 9.71. The fraction of sp³-hybridized carbons (Fsp3) is 0.600. The molecule has 1 unspecified atom stereocenters. The van der Waals surface area contributed by atoms with E-state index >= 15 is 0 Å². The number of rotatable bonds is 6. The van der Waals surface area contributed by atoms with Crippen LogP contribution in [0.1, 0.15) is 23.3 Å². The molecule has 0 amide bonds. The van der Waals surface area contributed by atoms with Crippen LogP contribution in [-0.4, -0.2) is 49.7 Å². The summed E-state index contributed by atoms with van der Waals surface area (Å²) in [5.74, 6) is 0.681. The Morgan fingerprint density at radius 1 is 1.16 bits per heavy atom. The third kappa shape index (κ3) is 4.01. The Kier molecular flexibility index (Phi) is 5.58. The van der Waals surface area contributed by atoms with Gasteiger partial charge in [0.1, 0.15) is 0 Å². The second kappa shape index (κ2) is 7.89. The van der Waals surface area contributed by atoms with Gasteiger partial charge in [-0.15, -0.1) is 11.3 Å². The van der Waals surface area contributed by atoms with Crippen LogP contribution >= 0.6 is 22.7 Å². The molecule has 0 saturated carbocycles. The van der Waals surface area contributed by atoms with Crippen LogP contribution < -0.4 is 0 Å². The fourth-order valence-corrected chi connectivity index (χ4v) is 6.09. The first-order chi connectivity index (χ1) is 12.3. The number of nitrogens with zero attached hydrogens (tertiary/aromatic N) is 2. The molecule has 3 nitrogen and oxygen atoms in total. The van der Waals surface area contributed by atoms with Crippen LogP contribution in [0.5, 0.6) is 0 Å². The average Bonchev–Trinajstić information content (AvgIpc) is 3.34. The molecule has 1 spiro atoms. The zero-order valence-corrected chi connectivity index (χ0v) is 16.7. The molecule has 0 aliphatic carbocycles. The highest BCUT2D eigenvalue weighted by Crippen LogP contribution is 2.45. The highest BCUT2D eigenvalue weighted by molar-refractivity contribution is 7.09. The summed E-state index contributed by atoms with van der Waals surface area (Å²) in [6.45, 7) is 8.02. The highest BCUT2D eigenvalue weighted by Gasteiger charge is 2.47. The van der Waals surface area contributed by atoms with Gasteiger partial charge in [0.25, 0.3) is 0 Å². The molecule has 0 bridgehead atoms. The molecule has 5 heteroatoms. The molecular weight excluding hydrogens is 348 g/mol. The molecule has 136 valence electrons. The number of thiophene rings is 2. The third-order valence-corrected chi connectivity index (χ3v) is 7.64. The fourth-order valence-electron chi connectivity index (χ4n) is 4.68. The number of hydrogen-bond acceptors (Lipinski definition) is 5. The number of methoxy groups -OCH3 is 1. The Hall–Kier alpha value is -0.720. The van der Waals surface area contributed by atoms with Crippen molar-refractivity contribution in [1.29, 1.82) is 0 Å². The second-order valence-corrected chi connectivity index (χ2v) is 9.48. The summed E-state index contributed by atoms with van der Waals surface area (Å²) in [6.07, 6.45) is 2.62. The van der Waals surface area contributed by atoms with Crippen molar-refractivity contribution in [2.45, 2.75) is 25.9 Å². The van der Waals surface area contributed by atoms with E-state index in [9.17, 15) is 0 Å². The first kappa shape index (κ1) is 17.7. The molecule has 1 atom stereocenters. The summed E-state index contributed by atoms with van der Waals surface area (Å²) in [7, 11) is 1.86. The number of piperidine rings is 1. The minimum absolute atomic E-state index is 0.457. The molecule has 2 aliphatic rings. The van der Waals surface area contributed by atoms with Crippen LogP contribution in [0.25, 0.3) is 0 Å². The van der Waals surface area contributed by atoms with E-state index in [1.54, 1.807) is 11.3 Å². The van der Waals surface area contributed by atoms with Gasteiger partial charge >= 0.3 is 0 Å². The van der Waals surface area contributed by atoms with Gasteiger partial charge in [0.2, 0.25) is 0 Å². The maximum atomic E-state index is 5.61. The lowest BCUT2D eigenvalue weighted by molar-refractivity contribution is 0.0351. The van der Waals surface area contributed by atoms with E-state index in [2.05, 4.69) is 44.1 Å². The molecular formula is C20H28N2OS2. The van der Waals surface area contributed by atoms with E-state index in [0.29, 0.717) is 11.3 Å². The van der Waals surface area contributed by atoms with Crippen molar-refractivity contribution >= 4 is 22.7 Å². The number of likely N-dealkylation sites (tertiary alicyclic amines) is 2. The van der Waals surface area contributed by atoms with Crippen molar-refractivity contribution in [2.75, 3.05) is 39.9 Å². The van der Waals surface area contributed by atoms with Gasteiger partial charge in [-0.3, -0.25) is 9.80 Å². The van der Waals surface area contributed by atoms with Gasteiger partial charge in [0.15, 0.2) is 0 Å². The molecule has 0 N–H and O–H groups in total. The van der Waals surface area contributed by atoms with E-state index in [4.69, 9.17) is 4.74 Å². The lowest BCUT2D eigenvalue weighted by Crippen LogP contribution is -2.44. The van der Waals surface area contributed by atoms with Crippen molar-refractivity contribution < 1.29 is 4.74 Å². The summed E-state index contributed by atoms with van der Waals surface area (Å²) >= 11 is 3.69. The Bertz CT molecular complexity index is 633. The molecule has 4 rings (SSSR count). The van der Waals surface area contributed by atoms with E-state index < -0.39 is 0 Å². The maximum absolute atomic E-state index is 5.61. The van der Waals surface area contributed by atoms with Crippen molar-refractivity contribution in [3.05, 3.63) is 44.8 Å². The van der Waals surface area contributed by atoms with E-state index in [-0.39, 0.29) is 0 Å². The van der Waals surface area contributed by atoms with Crippen molar-refractivity contribution in [3.63, 3.8) is 0 Å². The Labute approximate surface area is 159 Å². The zero-order valence-electron chi connectivity index (χ0n) is 15.0. The van der Waals surface area contributed by atoms with E-state index in [1.807, 2.05) is 18.4 Å². The van der Waals surface area contributed by atoms with Gasteiger partial charge < -0.3 is 4.74 Å². The molecule has 2 aliphatic heterocycles. The molecule has 0 aromatic carbocycles. The Morgan fingerprint density at radius 2 is 2.04 bits per heavy atom. The Morgan fingerprint density at radius 3 is 2.72 bits per heavy atom. The van der Waals surface area contributed by atoms with Crippen LogP contribution in [0.4, 0.5) is 0 Å². The van der Waals surface area contributed by atoms with Crippen LogP contribution in [0, 0.1) is 11.3 Å². The third-order valence-electron chi connectivity index (χ3n) is 6.05. The topological polar surface area (TPSA) is 15.7 Å². The minimum atomic E-state index is 0.457. The van der Waals surface area contributed by atoms with Crippen molar-refractivity contribution in [1.82, 2.24) is 9.80 Å². The van der Waals surface area contributed by atoms with E-state index in [1.165, 1.54) is 49.5 Å². The number of ether oxygens (including phenoxy) is 1. The molecule has 0 radical (unpaired) electrons. The van der Waals surface area contributed by atoms with Crippen LogP contribution in [0.3, 0.4) is 0 Å². The van der Waals surface area contributed by atoms with Crippen molar-refractivity contribution in [2.24, 2.45) is 11.3 Å². The largest absolute Gasteiger partial charge is 0.384 e. The standard InChI is InChI=1S/C20H28N2OS2/c1-23-14-18-12-22(13-19-3-2-9-25-19)16-20(18)5-7-21(8-6-20)11-17-4-10-24-15-17/h2-4,9-10,15,18H,5-8,11-14,16H2,1H3. The predicted molar refractivity (Wildman–Crippen MR) is 106 cm³/mol. The van der Waals surface area contributed by atoms with Gasteiger partial charge in [-0.2, -0.15) is 11.3 Å². The molecule has 2 aromatic rings. The molecule has 2 fully saturated rings. The SMILES string of the molecule is COCC1CN(Cc2cccs2)CC12CCN(Cc1ccsc1)CC2. The zero-order chi connectivity index (χ0) is 17.1. The van der Waals surface area contributed by atoms with E-state index in [0.717, 1.165) is 19.7 Å². The molecule has 2 aromatic heterocycles. The summed E-state index contributed by atoms with van der Waals surface area (Å²) in [5.41, 5.74) is 1.93. The lowest BCUT2D eigenvalue weighted by Gasteiger charge is -2.42. The number of hydrogen-bond donors (Lipinski definition) is 0. The molecule has 4 heterocycles.